The van der Waals surface area contributed by atoms with E-state index in [0.29, 0.717) is 11.7 Å². The van der Waals surface area contributed by atoms with Gasteiger partial charge in [0.15, 0.2) is 5.69 Å². The number of halogens is 2. The number of aromatic nitrogens is 3. The molecule has 2 saturated heterocycles. The number of hydrogen-bond acceptors (Lipinski definition) is 5. The van der Waals surface area contributed by atoms with E-state index in [2.05, 4.69) is 44.9 Å². The Morgan fingerprint density at radius 3 is 2.39 bits per heavy atom. The second kappa shape index (κ2) is 11.8. The molecule has 9 heteroatoms. The molecule has 0 radical (unpaired) electrons. The fourth-order valence-corrected chi connectivity index (χ4v) is 4.31. The summed E-state index contributed by atoms with van der Waals surface area (Å²) >= 11 is 0. The average Bonchev–Trinajstić information content (AvgIpc) is 3.13. The smallest absolute Gasteiger partial charge is 0.278 e. The normalized spacial score (nSPS) is 18.1. The summed E-state index contributed by atoms with van der Waals surface area (Å²) in [5.74, 6) is 0.653. The van der Waals surface area contributed by atoms with Crippen LogP contribution in [0.5, 0.6) is 0 Å². The highest BCUT2D eigenvalue weighted by molar-refractivity contribution is 6.03. The lowest BCUT2D eigenvalue weighted by Gasteiger charge is -2.30. The van der Waals surface area contributed by atoms with Gasteiger partial charge in [0.05, 0.1) is 11.7 Å². The zero-order valence-electron chi connectivity index (χ0n) is 18.3. The van der Waals surface area contributed by atoms with Gasteiger partial charge in [0.25, 0.3) is 5.91 Å². The number of benzene rings is 1. The molecule has 3 heterocycles. The van der Waals surface area contributed by atoms with E-state index in [1.165, 1.54) is 31.5 Å². The molecule has 1 aromatic carbocycles. The fraction of sp³-hybridized carbons (Fsp3) is 0.591. The molecule has 2 aliphatic heterocycles. The molecule has 0 spiro atoms. The van der Waals surface area contributed by atoms with Gasteiger partial charge in [-0.3, -0.25) is 9.69 Å². The fourth-order valence-electron chi connectivity index (χ4n) is 4.31. The first-order valence-electron chi connectivity index (χ1n) is 10.9. The molecular formula is C22H34Cl2N6O. The molecule has 172 valence electrons. The number of nitrogens with zero attached hydrogens (tertiary/aromatic N) is 4. The average molecular weight is 469 g/mol. The van der Waals surface area contributed by atoms with Crippen LogP contribution in [0.25, 0.3) is 0 Å². The molecule has 2 fully saturated rings. The first-order valence-corrected chi connectivity index (χ1v) is 10.9. The molecule has 0 saturated carbocycles. The Hall–Kier alpha value is -1.67. The number of hydrogen-bond donors (Lipinski definition) is 2. The highest BCUT2D eigenvalue weighted by Crippen LogP contribution is 2.22. The van der Waals surface area contributed by atoms with E-state index in [0.717, 1.165) is 49.8 Å². The van der Waals surface area contributed by atoms with Crippen LogP contribution >= 0.6 is 24.8 Å². The van der Waals surface area contributed by atoms with Crippen LogP contribution in [0.4, 0.5) is 5.69 Å². The molecule has 1 amide bonds. The quantitative estimate of drug-likeness (QED) is 0.696. The first-order chi connectivity index (χ1) is 14.1. The van der Waals surface area contributed by atoms with Gasteiger partial charge in [0, 0.05) is 12.2 Å². The molecule has 31 heavy (non-hydrogen) atoms. The molecular weight excluding hydrogens is 435 g/mol. The van der Waals surface area contributed by atoms with Crippen LogP contribution in [0, 0.1) is 12.8 Å². The van der Waals surface area contributed by atoms with E-state index < -0.39 is 0 Å². The third kappa shape index (κ3) is 6.42. The minimum absolute atomic E-state index is 0. The maximum atomic E-state index is 12.7. The van der Waals surface area contributed by atoms with Crippen molar-refractivity contribution >= 4 is 36.4 Å². The van der Waals surface area contributed by atoms with Gasteiger partial charge in [0.1, 0.15) is 0 Å². The van der Waals surface area contributed by atoms with Gasteiger partial charge in [-0.05, 0) is 82.4 Å². The monoisotopic (exact) mass is 468 g/mol. The van der Waals surface area contributed by atoms with Gasteiger partial charge in [-0.1, -0.05) is 24.3 Å². The Morgan fingerprint density at radius 1 is 1.10 bits per heavy atom. The Morgan fingerprint density at radius 2 is 1.74 bits per heavy atom. The maximum Gasteiger partial charge on any atom is 0.278 e. The van der Waals surface area contributed by atoms with Gasteiger partial charge in [-0.25, -0.2) is 4.68 Å². The molecule has 0 aliphatic carbocycles. The third-order valence-corrected chi connectivity index (χ3v) is 6.29. The lowest BCUT2D eigenvalue weighted by molar-refractivity contribution is 0.102. The molecule has 4 rings (SSSR count). The second-order valence-electron chi connectivity index (χ2n) is 8.56. The van der Waals surface area contributed by atoms with Crippen molar-refractivity contribution in [3.63, 3.8) is 0 Å². The van der Waals surface area contributed by atoms with Gasteiger partial charge >= 0.3 is 0 Å². The van der Waals surface area contributed by atoms with Crippen molar-refractivity contribution < 1.29 is 4.79 Å². The summed E-state index contributed by atoms with van der Waals surface area (Å²) < 4.78 is 1.92. The van der Waals surface area contributed by atoms with Crippen LogP contribution in [0.15, 0.2) is 24.3 Å². The van der Waals surface area contributed by atoms with Gasteiger partial charge in [-0.2, -0.15) is 0 Å². The van der Waals surface area contributed by atoms with Crippen molar-refractivity contribution in [2.45, 2.75) is 52.1 Å². The minimum Gasteiger partial charge on any atom is -0.321 e. The molecule has 2 N–H and O–H groups in total. The highest BCUT2D eigenvalue weighted by atomic mass is 35.5. The molecule has 7 nitrogen and oxygen atoms in total. The van der Waals surface area contributed by atoms with Crippen LogP contribution in [-0.4, -0.2) is 52.0 Å². The Kier molecular flexibility index (Phi) is 9.75. The van der Waals surface area contributed by atoms with Crippen molar-refractivity contribution in [1.82, 2.24) is 25.2 Å². The molecule has 2 aromatic rings. The van der Waals surface area contributed by atoms with Crippen molar-refractivity contribution in [2.75, 3.05) is 31.5 Å². The van der Waals surface area contributed by atoms with Crippen LogP contribution in [0.3, 0.4) is 0 Å². The Bertz CT molecular complexity index is 827. The number of carbonyl (C=O) groups is 1. The van der Waals surface area contributed by atoms with Crippen molar-refractivity contribution in [1.29, 1.82) is 0 Å². The van der Waals surface area contributed by atoms with E-state index in [9.17, 15) is 4.79 Å². The summed E-state index contributed by atoms with van der Waals surface area (Å²) in [5, 5.41) is 14.7. The third-order valence-electron chi connectivity index (χ3n) is 6.29. The topological polar surface area (TPSA) is 75.1 Å². The second-order valence-corrected chi connectivity index (χ2v) is 8.56. The number of nitrogens with one attached hydrogen (secondary N) is 2. The minimum atomic E-state index is -0.194. The summed E-state index contributed by atoms with van der Waals surface area (Å²) in [6.07, 6.45) is 4.60. The SMILES string of the molecule is Cc1c(C(=O)Nc2ccc(CN3CCC(C)CC3)cc2)nnn1C1CCNCC1.Cl.Cl. The molecule has 0 unspecified atom stereocenters. The van der Waals surface area contributed by atoms with Gasteiger partial charge < -0.3 is 10.6 Å². The van der Waals surface area contributed by atoms with Gasteiger partial charge in [-0.15, -0.1) is 29.9 Å². The summed E-state index contributed by atoms with van der Waals surface area (Å²) in [7, 11) is 0. The number of carbonyl (C=O) groups excluding carboxylic acids is 1. The number of amides is 1. The van der Waals surface area contributed by atoms with E-state index in [-0.39, 0.29) is 30.7 Å². The van der Waals surface area contributed by atoms with E-state index in [4.69, 9.17) is 0 Å². The first kappa shape index (κ1) is 25.6. The van der Waals surface area contributed by atoms with E-state index >= 15 is 0 Å². The van der Waals surface area contributed by atoms with Crippen molar-refractivity contribution in [2.24, 2.45) is 5.92 Å². The summed E-state index contributed by atoms with van der Waals surface area (Å²) in [6, 6.07) is 8.49. The Labute approximate surface area is 197 Å². The predicted octanol–water partition coefficient (Wildman–Crippen LogP) is 3.84. The summed E-state index contributed by atoms with van der Waals surface area (Å²) in [5.41, 5.74) is 3.33. The zero-order chi connectivity index (χ0) is 20.2. The van der Waals surface area contributed by atoms with E-state index in [1.807, 2.05) is 23.7 Å². The van der Waals surface area contributed by atoms with Crippen molar-refractivity contribution in [3.05, 3.63) is 41.2 Å². The van der Waals surface area contributed by atoms with E-state index in [1.54, 1.807) is 0 Å². The number of anilines is 1. The van der Waals surface area contributed by atoms with Crippen molar-refractivity contribution in [3.8, 4) is 0 Å². The van der Waals surface area contributed by atoms with Crippen LogP contribution in [-0.2, 0) is 6.54 Å². The van der Waals surface area contributed by atoms with Crippen LogP contribution in [0.2, 0.25) is 0 Å². The highest BCUT2D eigenvalue weighted by Gasteiger charge is 2.23. The zero-order valence-corrected chi connectivity index (χ0v) is 20.0. The van der Waals surface area contributed by atoms with Crippen LogP contribution in [0.1, 0.15) is 60.4 Å². The predicted molar refractivity (Wildman–Crippen MR) is 128 cm³/mol. The lowest BCUT2D eigenvalue weighted by atomic mass is 9.99. The maximum absolute atomic E-state index is 12.7. The lowest BCUT2D eigenvalue weighted by Crippen LogP contribution is -2.32. The summed E-state index contributed by atoms with van der Waals surface area (Å²) in [4.78, 5) is 15.2. The van der Waals surface area contributed by atoms with Crippen LogP contribution < -0.4 is 10.6 Å². The standard InChI is InChI=1S/C22H32N6O.2ClH/c1-16-9-13-27(14-10-16)15-18-3-5-19(6-4-18)24-22(29)21-17(2)28(26-25-21)20-7-11-23-12-8-20;;/h3-6,16,20,23H,7-15H2,1-2H3,(H,24,29);2*1H. The Balaban J connectivity index is 0.00000171. The molecule has 0 atom stereocenters. The number of likely N-dealkylation sites (tertiary alicyclic amines) is 1. The van der Waals surface area contributed by atoms with Gasteiger partial charge in [0.2, 0.25) is 0 Å². The molecule has 2 aliphatic rings. The number of rotatable bonds is 5. The molecule has 1 aromatic heterocycles. The number of piperidine rings is 2. The molecule has 0 bridgehead atoms. The summed E-state index contributed by atoms with van der Waals surface area (Å²) in [6.45, 7) is 9.55. The largest absolute Gasteiger partial charge is 0.321 e.